The van der Waals surface area contributed by atoms with E-state index < -0.39 is 17.2 Å². The van der Waals surface area contributed by atoms with Crippen molar-refractivity contribution >= 4 is 17.1 Å². The zero-order valence-electron chi connectivity index (χ0n) is 15.6. The Bertz CT molecular complexity index is 954. The molecule has 0 bridgehead atoms. The summed E-state index contributed by atoms with van der Waals surface area (Å²) in [5.41, 5.74) is 5.04. The molecule has 2 aromatic heterocycles. The van der Waals surface area contributed by atoms with Crippen LogP contribution in [-0.2, 0) is 32.0 Å². The van der Waals surface area contributed by atoms with Crippen LogP contribution in [0.25, 0.3) is 11.2 Å². The van der Waals surface area contributed by atoms with Gasteiger partial charge >= 0.3 is 5.69 Å². The molecule has 1 fully saturated rings. The molecule has 3 rings (SSSR count). The number of primary amides is 1. The van der Waals surface area contributed by atoms with Crippen molar-refractivity contribution in [1.82, 2.24) is 23.6 Å². The summed E-state index contributed by atoms with van der Waals surface area (Å²) in [5.74, 6) is 0.0459. The number of aryl methyl sites for hydroxylation is 1. The van der Waals surface area contributed by atoms with Gasteiger partial charge in [0.05, 0.1) is 6.54 Å². The molecule has 2 aromatic rings. The summed E-state index contributed by atoms with van der Waals surface area (Å²) in [6.45, 7) is 3.51. The first kappa shape index (κ1) is 18.4. The Morgan fingerprint density at radius 1 is 1.23 bits per heavy atom. The van der Waals surface area contributed by atoms with Gasteiger partial charge in [0.1, 0.15) is 12.4 Å². The van der Waals surface area contributed by atoms with Gasteiger partial charge in [-0.2, -0.15) is 0 Å². The Kier molecular flexibility index (Phi) is 4.99. The van der Waals surface area contributed by atoms with E-state index >= 15 is 0 Å². The van der Waals surface area contributed by atoms with Gasteiger partial charge in [0.25, 0.3) is 5.56 Å². The first-order valence-electron chi connectivity index (χ1n) is 9.02. The summed E-state index contributed by atoms with van der Waals surface area (Å²) < 4.78 is 3.94. The first-order chi connectivity index (χ1) is 12.3. The number of aromatic nitrogens is 4. The fourth-order valence-corrected chi connectivity index (χ4v) is 3.85. The van der Waals surface area contributed by atoms with E-state index in [9.17, 15) is 14.4 Å². The fourth-order valence-electron chi connectivity index (χ4n) is 3.85. The van der Waals surface area contributed by atoms with Crippen molar-refractivity contribution in [2.45, 2.75) is 51.7 Å². The number of hydrogen-bond acceptors (Lipinski definition) is 5. The lowest BCUT2D eigenvalue weighted by Gasteiger charge is -2.34. The van der Waals surface area contributed by atoms with Crippen molar-refractivity contribution in [3.8, 4) is 0 Å². The van der Waals surface area contributed by atoms with E-state index in [4.69, 9.17) is 5.73 Å². The second kappa shape index (κ2) is 7.06. The largest absolute Gasteiger partial charge is 0.368 e. The van der Waals surface area contributed by atoms with E-state index in [1.54, 1.807) is 11.6 Å². The number of imidazole rings is 1. The maximum Gasteiger partial charge on any atom is 0.332 e. The number of carbonyl (C=O) groups is 1. The Morgan fingerprint density at radius 3 is 2.62 bits per heavy atom. The Labute approximate surface area is 151 Å². The van der Waals surface area contributed by atoms with Crippen LogP contribution in [0.2, 0.25) is 0 Å². The molecule has 0 radical (unpaired) electrons. The lowest BCUT2D eigenvalue weighted by Crippen LogP contribution is -2.39. The Hall–Kier alpha value is -2.42. The minimum Gasteiger partial charge on any atom is -0.368 e. The summed E-state index contributed by atoms with van der Waals surface area (Å²) in [7, 11) is 2.99. The monoisotopic (exact) mass is 362 g/mol. The van der Waals surface area contributed by atoms with Crippen LogP contribution in [0.3, 0.4) is 0 Å². The van der Waals surface area contributed by atoms with Gasteiger partial charge in [-0.25, -0.2) is 9.78 Å². The molecule has 1 unspecified atom stereocenters. The van der Waals surface area contributed by atoms with Gasteiger partial charge in [0, 0.05) is 20.1 Å². The number of likely N-dealkylation sites (tertiary alicyclic amines) is 1. The average Bonchev–Trinajstić information content (AvgIpc) is 2.96. The highest BCUT2D eigenvalue weighted by molar-refractivity contribution is 5.78. The van der Waals surface area contributed by atoms with E-state index in [1.807, 2.05) is 0 Å². The highest BCUT2D eigenvalue weighted by Crippen LogP contribution is 2.22. The summed E-state index contributed by atoms with van der Waals surface area (Å²) in [6.07, 6.45) is 4.50. The molecule has 1 amide bonds. The third kappa shape index (κ3) is 3.07. The predicted molar refractivity (Wildman–Crippen MR) is 97.7 cm³/mol. The standard InChI is InChI=1S/C17H26N6O3/c1-4-11-7-5-6-8-22(11)10-13-19-15-14(23(13)9-12(18)24)16(25)21(3)17(26)20(15)2/h11H,4-10H2,1-3H3,(H2,18,24). The molecule has 1 atom stereocenters. The zero-order chi connectivity index (χ0) is 19.0. The van der Waals surface area contributed by atoms with E-state index in [2.05, 4.69) is 16.8 Å². The maximum absolute atomic E-state index is 12.7. The van der Waals surface area contributed by atoms with Crippen molar-refractivity contribution in [3.05, 3.63) is 26.7 Å². The summed E-state index contributed by atoms with van der Waals surface area (Å²) in [6, 6.07) is 0.456. The van der Waals surface area contributed by atoms with Gasteiger partial charge in [-0.1, -0.05) is 13.3 Å². The smallest absolute Gasteiger partial charge is 0.332 e. The summed E-state index contributed by atoms with van der Waals surface area (Å²) >= 11 is 0. The summed E-state index contributed by atoms with van der Waals surface area (Å²) in [5, 5.41) is 0. The summed E-state index contributed by atoms with van der Waals surface area (Å²) in [4.78, 5) is 43.4. The minimum atomic E-state index is -0.549. The molecule has 0 aromatic carbocycles. The van der Waals surface area contributed by atoms with Crippen LogP contribution in [-0.4, -0.2) is 42.1 Å². The number of nitrogens with zero attached hydrogens (tertiary/aromatic N) is 5. The number of rotatable bonds is 5. The van der Waals surface area contributed by atoms with Crippen LogP contribution in [0, 0.1) is 0 Å². The third-order valence-corrected chi connectivity index (χ3v) is 5.31. The topological polar surface area (TPSA) is 108 Å². The van der Waals surface area contributed by atoms with Crippen LogP contribution in [0.5, 0.6) is 0 Å². The van der Waals surface area contributed by atoms with E-state index in [0.717, 1.165) is 30.4 Å². The first-order valence-corrected chi connectivity index (χ1v) is 9.02. The van der Waals surface area contributed by atoms with Crippen molar-refractivity contribution in [3.63, 3.8) is 0 Å². The van der Waals surface area contributed by atoms with Gasteiger partial charge in [0.2, 0.25) is 5.91 Å². The molecule has 0 saturated carbocycles. The SMILES string of the molecule is CCC1CCCCN1Cc1nc2c(c(=O)n(C)c(=O)n2C)n1CC(N)=O. The molecule has 26 heavy (non-hydrogen) atoms. The molecule has 0 spiro atoms. The molecule has 0 aliphatic carbocycles. The predicted octanol–water partition coefficient (Wildman–Crippen LogP) is -0.316. The van der Waals surface area contributed by atoms with Crippen molar-refractivity contribution < 1.29 is 4.79 Å². The molecule has 1 aliphatic rings. The van der Waals surface area contributed by atoms with Crippen molar-refractivity contribution in [2.75, 3.05) is 6.54 Å². The highest BCUT2D eigenvalue weighted by Gasteiger charge is 2.25. The van der Waals surface area contributed by atoms with Crippen LogP contribution in [0.4, 0.5) is 0 Å². The second-order valence-electron chi connectivity index (χ2n) is 6.99. The lowest BCUT2D eigenvalue weighted by atomic mass is 10.0. The molecular formula is C17H26N6O3. The third-order valence-electron chi connectivity index (χ3n) is 5.31. The average molecular weight is 362 g/mol. The Morgan fingerprint density at radius 2 is 1.96 bits per heavy atom. The zero-order valence-corrected chi connectivity index (χ0v) is 15.6. The number of hydrogen-bond donors (Lipinski definition) is 1. The van der Waals surface area contributed by atoms with Crippen LogP contribution in [0.1, 0.15) is 38.4 Å². The fraction of sp³-hybridized carbons (Fsp3) is 0.647. The lowest BCUT2D eigenvalue weighted by molar-refractivity contribution is -0.118. The number of amides is 1. The van der Waals surface area contributed by atoms with Gasteiger partial charge in [-0.15, -0.1) is 0 Å². The van der Waals surface area contributed by atoms with Gasteiger partial charge in [-0.3, -0.25) is 23.6 Å². The van der Waals surface area contributed by atoms with E-state index in [1.165, 1.54) is 18.0 Å². The van der Waals surface area contributed by atoms with E-state index in [-0.39, 0.29) is 12.1 Å². The van der Waals surface area contributed by atoms with Gasteiger partial charge < -0.3 is 10.3 Å². The van der Waals surface area contributed by atoms with Crippen molar-refractivity contribution in [1.29, 1.82) is 0 Å². The Balaban J connectivity index is 2.16. The van der Waals surface area contributed by atoms with Crippen LogP contribution >= 0.6 is 0 Å². The van der Waals surface area contributed by atoms with E-state index in [0.29, 0.717) is 24.1 Å². The highest BCUT2D eigenvalue weighted by atomic mass is 16.2. The van der Waals surface area contributed by atoms with Crippen molar-refractivity contribution in [2.24, 2.45) is 19.8 Å². The number of fused-ring (bicyclic) bond motifs is 1. The normalized spacial score (nSPS) is 18.5. The molecule has 3 heterocycles. The van der Waals surface area contributed by atoms with Crippen LogP contribution in [0.15, 0.2) is 9.59 Å². The molecule has 142 valence electrons. The van der Waals surface area contributed by atoms with Crippen LogP contribution < -0.4 is 17.0 Å². The van der Waals surface area contributed by atoms with Gasteiger partial charge in [-0.05, 0) is 25.8 Å². The molecule has 1 aliphatic heterocycles. The maximum atomic E-state index is 12.7. The molecule has 1 saturated heterocycles. The minimum absolute atomic E-state index is 0.135. The quantitative estimate of drug-likeness (QED) is 0.784. The molecule has 9 nitrogen and oxygen atoms in total. The second-order valence-corrected chi connectivity index (χ2v) is 6.99. The number of nitrogens with two attached hydrogens (primary N) is 1. The molecular weight excluding hydrogens is 336 g/mol. The molecule has 9 heteroatoms. The van der Waals surface area contributed by atoms with Gasteiger partial charge in [0.15, 0.2) is 11.2 Å². The number of piperidine rings is 1. The molecule has 2 N–H and O–H groups in total. The number of carbonyl (C=O) groups excluding carboxylic acids is 1.